The van der Waals surface area contributed by atoms with E-state index in [1.54, 1.807) is 11.8 Å². The van der Waals surface area contributed by atoms with Gasteiger partial charge in [0.2, 0.25) is 0 Å². The smallest absolute Gasteiger partial charge is 0.187 e. The number of hydrogen-bond acceptors (Lipinski definition) is 5. The zero-order valence-electron chi connectivity index (χ0n) is 11.8. The molecule has 2 aromatic carbocycles. The fourth-order valence-corrected chi connectivity index (χ4v) is 2.17. The normalized spacial score (nSPS) is 10.6. The van der Waals surface area contributed by atoms with Gasteiger partial charge in [-0.3, -0.25) is 0 Å². The van der Waals surface area contributed by atoms with Crippen LogP contribution in [-0.4, -0.2) is 27.3 Å². The number of aromatic nitrogens is 4. The molecule has 0 aliphatic heterocycles. The molecule has 106 valence electrons. The molecule has 0 saturated carbocycles. The average molecular weight is 281 g/mol. The second-order valence-corrected chi connectivity index (χ2v) is 4.69. The fourth-order valence-electron chi connectivity index (χ4n) is 2.17. The summed E-state index contributed by atoms with van der Waals surface area (Å²) in [5.41, 5.74) is 9.22. The Morgan fingerprint density at radius 1 is 1.10 bits per heavy atom. The van der Waals surface area contributed by atoms with Crippen LogP contribution in [0.4, 0.5) is 5.69 Å². The molecule has 0 bridgehead atoms. The van der Waals surface area contributed by atoms with E-state index in [4.69, 9.17) is 10.5 Å². The molecule has 6 heteroatoms. The molecule has 0 amide bonds. The number of nitrogen functional groups attached to an aromatic ring is 1. The summed E-state index contributed by atoms with van der Waals surface area (Å²) in [5, 5.41) is 11.9. The predicted molar refractivity (Wildman–Crippen MR) is 80.3 cm³/mol. The van der Waals surface area contributed by atoms with Crippen LogP contribution in [0.2, 0.25) is 0 Å². The van der Waals surface area contributed by atoms with Gasteiger partial charge in [-0.2, -0.15) is 4.68 Å². The SMILES string of the molecule is COc1ccc(-n2nnnc2-c2ccc(N)cc2)cc1C. The highest BCUT2D eigenvalue weighted by Gasteiger charge is 2.11. The van der Waals surface area contributed by atoms with E-state index in [-0.39, 0.29) is 0 Å². The molecular weight excluding hydrogens is 266 g/mol. The first kappa shape index (κ1) is 13.1. The van der Waals surface area contributed by atoms with Crippen LogP contribution in [0.15, 0.2) is 42.5 Å². The summed E-state index contributed by atoms with van der Waals surface area (Å²) in [6, 6.07) is 13.3. The summed E-state index contributed by atoms with van der Waals surface area (Å²) in [4.78, 5) is 0. The molecule has 0 atom stereocenters. The molecule has 2 N–H and O–H groups in total. The first-order chi connectivity index (χ1) is 10.2. The highest BCUT2D eigenvalue weighted by molar-refractivity contribution is 5.60. The van der Waals surface area contributed by atoms with Gasteiger partial charge in [-0.05, 0) is 65.4 Å². The van der Waals surface area contributed by atoms with E-state index in [1.807, 2.05) is 49.4 Å². The van der Waals surface area contributed by atoms with E-state index in [1.165, 1.54) is 0 Å². The summed E-state index contributed by atoms with van der Waals surface area (Å²) in [6.07, 6.45) is 0. The van der Waals surface area contributed by atoms with Gasteiger partial charge in [0.05, 0.1) is 12.8 Å². The van der Waals surface area contributed by atoms with Gasteiger partial charge in [0, 0.05) is 11.3 Å². The lowest BCUT2D eigenvalue weighted by molar-refractivity contribution is 0.411. The standard InChI is InChI=1S/C15H15N5O/c1-10-9-13(7-8-14(10)21-2)20-15(17-18-19-20)11-3-5-12(16)6-4-11/h3-9H,16H2,1-2H3. The van der Waals surface area contributed by atoms with E-state index in [2.05, 4.69) is 15.5 Å². The van der Waals surface area contributed by atoms with Crippen molar-refractivity contribution >= 4 is 5.69 Å². The Balaban J connectivity index is 2.06. The summed E-state index contributed by atoms with van der Waals surface area (Å²) in [5.74, 6) is 1.50. The third kappa shape index (κ3) is 2.43. The fraction of sp³-hybridized carbons (Fsp3) is 0.133. The second kappa shape index (κ2) is 5.24. The molecule has 0 saturated heterocycles. The first-order valence-electron chi connectivity index (χ1n) is 6.48. The lowest BCUT2D eigenvalue weighted by atomic mass is 10.1. The van der Waals surface area contributed by atoms with Gasteiger partial charge in [-0.25, -0.2) is 0 Å². The quantitative estimate of drug-likeness (QED) is 0.745. The lowest BCUT2D eigenvalue weighted by Crippen LogP contribution is -2.01. The maximum absolute atomic E-state index is 5.71. The molecule has 1 heterocycles. The third-order valence-corrected chi connectivity index (χ3v) is 3.26. The second-order valence-electron chi connectivity index (χ2n) is 4.69. The lowest BCUT2D eigenvalue weighted by Gasteiger charge is -2.08. The van der Waals surface area contributed by atoms with E-state index in [0.717, 1.165) is 22.6 Å². The Morgan fingerprint density at radius 3 is 2.52 bits per heavy atom. The average Bonchev–Trinajstić information content (AvgIpc) is 2.97. The Kier molecular flexibility index (Phi) is 3.27. The Bertz CT molecular complexity index is 764. The van der Waals surface area contributed by atoms with Crippen LogP contribution >= 0.6 is 0 Å². The molecule has 3 aromatic rings. The van der Waals surface area contributed by atoms with E-state index in [0.29, 0.717) is 11.5 Å². The van der Waals surface area contributed by atoms with Crippen molar-refractivity contribution < 1.29 is 4.74 Å². The summed E-state index contributed by atoms with van der Waals surface area (Å²) >= 11 is 0. The van der Waals surface area contributed by atoms with Gasteiger partial charge in [0.15, 0.2) is 5.82 Å². The van der Waals surface area contributed by atoms with Crippen LogP contribution in [0.25, 0.3) is 17.1 Å². The number of methoxy groups -OCH3 is 1. The van der Waals surface area contributed by atoms with E-state index in [9.17, 15) is 0 Å². The Morgan fingerprint density at radius 2 is 1.86 bits per heavy atom. The van der Waals surface area contributed by atoms with Gasteiger partial charge in [0.1, 0.15) is 5.75 Å². The molecule has 0 spiro atoms. The first-order valence-corrected chi connectivity index (χ1v) is 6.48. The minimum atomic E-state index is 0.666. The number of benzene rings is 2. The molecular formula is C15H15N5O. The van der Waals surface area contributed by atoms with Crippen LogP contribution < -0.4 is 10.5 Å². The largest absolute Gasteiger partial charge is 0.496 e. The van der Waals surface area contributed by atoms with Crippen molar-refractivity contribution in [3.05, 3.63) is 48.0 Å². The van der Waals surface area contributed by atoms with Crippen LogP contribution in [0, 0.1) is 6.92 Å². The number of tetrazole rings is 1. The monoisotopic (exact) mass is 281 g/mol. The van der Waals surface area contributed by atoms with Crippen molar-refractivity contribution in [3.8, 4) is 22.8 Å². The van der Waals surface area contributed by atoms with E-state index >= 15 is 0 Å². The predicted octanol–water partition coefficient (Wildman–Crippen LogP) is 2.23. The number of anilines is 1. The molecule has 1 aromatic heterocycles. The number of nitrogens with zero attached hydrogens (tertiary/aromatic N) is 4. The summed E-state index contributed by atoms with van der Waals surface area (Å²) in [7, 11) is 1.65. The zero-order valence-corrected chi connectivity index (χ0v) is 11.8. The Hall–Kier alpha value is -2.89. The van der Waals surface area contributed by atoms with Crippen molar-refractivity contribution in [2.24, 2.45) is 0 Å². The Labute approximate surface area is 122 Å². The van der Waals surface area contributed by atoms with Crippen LogP contribution in [0.5, 0.6) is 5.75 Å². The molecule has 0 fully saturated rings. The van der Waals surface area contributed by atoms with Crippen molar-refractivity contribution in [1.82, 2.24) is 20.2 Å². The molecule has 0 aliphatic carbocycles. The molecule has 21 heavy (non-hydrogen) atoms. The molecule has 3 rings (SSSR count). The number of aryl methyl sites for hydroxylation is 1. The number of hydrogen-bond donors (Lipinski definition) is 1. The number of ether oxygens (including phenoxy) is 1. The van der Waals surface area contributed by atoms with Crippen molar-refractivity contribution in [3.63, 3.8) is 0 Å². The van der Waals surface area contributed by atoms with Crippen LogP contribution in [0.3, 0.4) is 0 Å². The van der Waals surface area contributed by atoms with Crippen LogP contribution in [-0.2, 0) is 0 Å². The van der Waals surface area contributed by atoms with Crippen LogP contribution in [0.1, 0.15) is 5.56 Å². The maximum Gasteiger partial charge on any atom is 0.187 e. The van der Waals surface area contributed by atoms with Gasteiger partial charge in [-0.1, -0.05) is 0 Å². The highest BCUT2D eigenvalue weighted by Crippen LogP contribution is 2.24. The topological polar surface area (TPSA) is 78.8 Å². The summed E-state index contributed by atoms with van der Waals surface area (Å²) in [6.45, 7) is 1.98. The van der Waals surface area contributed by atoms with Crippen molar-refractivity contribution in [2.45, 2.75) is 6.92 Å². The molecule has 0 radical (unpaired) electrons. The van der Waals surface area contributed by atoms with Gasteiger partial charge >= 0.3 is 0 Å². The molecule has 0 unspecified atom stereocenters. The minimum Gasteiger partial charge on any atom is -0.496 e. The zero-order chi connectivity index (χ0) is 14.8. The maximum atomic E-state index is 5.71. The summed E-state index contributed by atoms with van der Waals surface area (Å²) < 4.78 is 6.96. The highest BCUT2D eigenvalue weighted by atomic mass is 16.5. The van der Waals surface area contributed by atoms with Crippen molar-refractivity contribution in [2.75, 3.05) is 12.8 Å². The number of rotatable bonds is 3. The molecule has 6 nitrogen and oxygen atoms in total. The van der Waals surface area contributed by atoms with Gasteiger partial charge in [0.25, 0.3) is 0 Å². The third-order valence-electron chi connectivity index (χ3n) is 3.26. The minimum absolute atomic E-state index is 0.666. The van der Waals surface area contributed by atoms with E-state index < -0.39 is 0 Å². The number of nitrogens with two attached hydrogens (primary N) is 1. The van der Waals surface area contributed by atoms with Gasteiger partial charge < -0.3 is 10.5 Å². The van der Waals surface area contributed by atoms with Crippen molar-refractivity contribution in [1.29, 1.82) is 0 Å². The molecule has 0 aliphatic rings. The van der Waals surface area contributed by atoms with Gasteiger partial charge in [-0.15, -0.1) is 5.10 Å².